The van der Waals surface area contributed by atoms with Crippen LogP contribution in [-0.2, 0) is 10.9 Å². The molecule has 0 aliphatic heterocycles. The molecule has 0 saturated carbocycles. The highest BCUT2D eigenvalue weighted by Gasteiger charge is 2.30. The fourth-order valence-electron chi connectivity index (χ4n) is 2.88. The second-order valence-electron chi connectivity index (χ2n) is 7.69. The molecule has 2 N–H and O–H groups in total. The van der Waals surface area contributed by atoms with Crippen LogP contribution in [0.4, 0.5) is 29.3 Å². The number of hydrogen-bond donors (Lipinski definition) is 2. The monoisotopic (exact) mass is 476 g/mol. The van der Waals surface area contributed by atoms with Crippen molar-refractivity contribution in [1.29, 1.82) is 0 Å². The van der Waals surface area contributed by atoms with Gasteiger partial charge in [-0.05, 0) is 42.3 Å². The smallest absolute Gasteiger partial charge is 0.416 e. The van der Waals surface area contributed by atoms with Gasteiger partial charge in [0.2, 0.25) is 0 Å². The van der Waals surface area contributed by atoms with Crippen molar-refractivity contribution in [2.45, 2.75) is 20.0 Å². The van der Waals surface area contributed by atoms with Crippen LogP contribution in [0.15, 0.2) is 54.7 Å². The number of alkyl halides is 3. The summed E-state index contributed by atoms with van der Waals surface area (Å²) in [5, 5.41) is 9.30. The quantitative estimate of drug-likeness (QED) is 0.479. The van der Waals surface area contributed by atoms with Crippen LogP contribution in [-0.4, -0.2) is 35.5 Å². The summed E-state index contributed by atoms with van der Waals surface area (Å²) in [6, 6.07) is 10.9. The lowest BCUT2D eigenvalue weighted by molar-refractivity contribution is -0.137. The molecule has 0 bridgehead atoms. The third-order valence-electron chi connectivity index (χ3n) is 4.47. The van der Waals surface area contributed by atoms with Crippen molar-refractivity contribution in [1.82, 2.24) is 9.78 Å². The zero-order valence-electron chi connectivity index (χ0n) is 18.6. The summed E-state index contributed by atoms with van der Waals surface area (Å²) >= 11 is 0. The molecule has 0 atom stereocenters. The van der Waals surface area contributed by atoms with E-state index in [-0.39, 0.29) is 29.7 Å². The Hall–Kier alpha value is -4.02. The first-order valence-corrected chi connectivity index (χ1v) is 10.2. The van der Waals surface area contributed by atoms with Crippen LogP contribution in [0.25, 0.3) is 5.69 Å². The number of carbonyl (C=O) groups excluding carboxylic acids is 2. The minimum atomic E-state index is -4.52. The number of rotatable bonds is 7. The standard InChI is InChI=1S/C23H23F3N4O4/c1-14(2)13-34-22(32)28-17-8-5-7-16(11-17)27-21(31)20-19(33-3)12-30(29-20)18-9-4-6-15(10-18)23(24,25)26/h4-12,14H,13H2,1-3H3,(H,27,31)(H,28,32). The van der Waals surface area contributed by atoms with Gasteiger partial charge in [0.05, 0.1) is 31.2 Å². The highest BCUT2D eigenvalue weighted by Crippen LogP contribution is 2.31. The molecule has 2 amide bonds. The van der Waals surface area contributed by atoms with Crippen LogP contribution in [0.3, 0.4) is 0 Å². The lowest BCUT2D eigenvalue weighted by Crippen LogP contribution is -2.17. The number of methoxy groups -OCH3 is 1. The van der Waals surface area contributed by atoms with Gasteiger partial charge in [0.25, 0.3) is 5.91 Å². The zero-order chi connectivity index (χ0) is 24.9. The molecule has 8 nitrogen and oxygen atoms in total. The van der Waals surface area contributed by atoms with E-state index in [1.807, 2.05) is 13.8 Å². The van der Waals surface area contributed by atoms with Gasteiger partial charge in [-0.25, -0.2) is 9.48 Å². The van der Waals surface area contributed by atoms with Gasteiger partial charge < -0.3 is 14.8 Å². The Morgan fingerprint density at radius 1 is 1.06 bits per heavy atom. The van der Waals surface area contributed by atoms with E-state index in [0.29, 0.717) is 11.4 Å². The molecular weight excluding hydrogens is 453 g/mol. The molecule has 1 heterocycles. The second-order valence-corrected chi connectivity index (χ2v) is 7.69. The molecular formula is C23H23F3N4O4. The number of amides is 2. The van der Waals surface area contributed by atoms with E-state index in [1.165, 1.54) is 31.5 Å². The topological polar surface area (TPSA) is 94.5 Å². The molecule has 0 spiro atoms. The second kappa shape index (κ2) is 10.3. The Kier molecular flexibility index (Phi) is 7.44. The Morgan fingerprint density at radius 3 is 2.38 bits per heavy atom. The maximum Gasteiger partial charge on any atom is 0.416 e. The van der Waals surface area contributed by atoms with E-state index in [0.717, 1.165) is 16.8 Å². The summed E-state index contributed by atoms with van der Waals surface area (Å²) in [5.41, 5.74) is -0.120. The first-order valence-electron chi connectivity index (χ1n) is 10.2. The molecule has 11 heteroatoms. The fourth-order valence-corrected chi connectivity index (χ4v) is 2.88. The zero-order valence-corrected chi connectivity index (χ0v) is 18.6. The molecule has 0 unspecified atom stereocenters. The Labute approximate surface area is 193 Å². The number of nitrogens with one attached hydrogen (secondary N) is 2. The summed E-state index contributed by atoms with van der Waals surface area (Å²) in [6.45, 7) is 4.08. The number of hydrogen-bond acceptors (Lipinski definition) is 5. The van der Waals surface area contributed by atoms with Crippen molar-refractivity contribution in [3.05, 3.63) is 66.0 Å². The maximum absolute atomic E-state index is 13.0. The third-order valence-corrected chi connectivity index (χ3v) is 4.47. The molecule has 180 valence electrons. The minimum absolute atomic E-state index is 0.0708. The number of anilines is 2. The summed E-state index contributed by atoms with van der Waals surface area (Å²) in [7, 11) is 1.32. The number of nitrogens with zero attached hydrogens (tertiary/aromatic N) is 2. The van der Waals surface area contributed by atoms with Crippen LogP contribution in [0.1, 0.15) is 29.9 Å². The first-order chi connectivity index (χ1) is 16.1. The molecule has 34 heavy (non-hydrogen) atoms. The van der Waals surface area contributed by atoms with Crippen LogP contribution in [0.2, 0.25) is 0 Å². The van der Waals surface area contributed by atoms with Gasteiger partial charge in [-0.15, -0.1) is 0 Å². The van der Waals surface area contributed by atoms with E-state index < -0.39 is 23.7 Å². The average molecular weight is 476 g/mol. The predicted octanol–water partition coefficient (Wildman–Crippen LogP) is 5.36. The Balaban J connectivity index is 1.77. The van der Waals surface area contributed by atoms with Gasteiger partial charge in [0.15, 0.2) is 11.4 Å². The fraction of sp³-hybridized carbons (Fsp3) is 0.261. The summed E-state index contributed by atoms with van der Waals surface area (Å²) < 4.78 is 50.5. The maximum atomic E-state index is 13.0. The molecule has 2 aromatic carbocycles. The predicted molar refractivity (Wildman–Crippen MR) is 119 cm³/mol. The van der Waals surface area contributed by atoms with E-state index in [2.05, 4.69) is 15.7 Å². The lowest BCUT2D eigenvalue weighted by atomic mass is 10.2. The number of benzene rings is 2. The highest BCUT2D eigenvalue weighted by atomic mass is 19.4. The molecule has 0 aliphatic rings. The van der Waals surface area contributed by atoms with Gasteiger partial charge in [0, 0.05) is 11.4 Å². The number of aromatic nitrogens is 2. The van der Waals surface area contributed by atoms with Crippen molar-refractivity contribution >= 4 is 23.4 Å². The molecule has 3 rings (SSSR count). The molecule has 3 aromatic rings. The van der Waals surface area contributed by atoms with E-state index in [9.17, 15) is 22.8 Å². The Morgan fingerprint density at radius 2 is 1.74 bits per heavy atom. The van der Waals surface area contributed by atoms with Crippen molar-refractivity contribution in [2.24, 2.45) is 5.92 Å². The average Bonchev–Trinajstić information content (AvgIpc) is 3.22. The Bertz CT molecular complexity index is 1180. The van der Waals surface area contributed by atoms with Crippen LogP contribution >= 0.6 is 0 Å². The van der Waals surface area contributed by atoms with Crippen molar-refractivity contribution in [3.63, 3.8) is 0 Å². The molecule has 0 aliphatic carbocycles. The molecule has 1 aromatic heterocycles. The molecule has 0 saturated heterocycles. The largest absolute Gasteiger partial charge is 0.493 e. The number of ether oxygens (including phenoxy) is 2. The highest BCUT2D eigenvalue weighted by molar-refractivity contribution is 6.05. The van der Waals surface area contributed by atoms with Crippen LogP contribution < -0.4 is 15.4 Å². The van der Waals surface area contributed by atoms with Gasteiger partial charge in [0.1, 0.15) is 0 Å². The normalized spacial score (nSPS) is 11.3. The molecule has 0 fully saturated rings. The number of halogens is 3. The van der Waals surface area contributed by atoms with E-state index in [4.69, 9.17) is 9.47 Å². The molecule has 0 radical (unpaired) electrons. The van der Waals surface area contributed by atoms with Gasteiger partial charge in [-0.3, -0.25) is 10.1 Å². The van der Waals surface area contributed by atoms with Crippen LogP contribution in [0, 0.1) is 5.92 Å². The summed E-state index contributed by atoms with van der Waals surface area (Å²) in [4.78, 5) is 24.7. The van der Waals surface area contributed by atoms with Crippen LogP contribution in [0.5, 0.6) is 5.75 Å². The SMILES string of the molecule is COc1cn(-c2cccc(C(F)(F)F)c2)nc1C(=O)Nc1cccc(NC(=O)OCC(C)C)c1. The minimum Gasteiger partial charge on any atom is -0.493 e. The third kappa shape index (κ3) is 6.27. The van der Waals surface area contributed by atoms with Crippen molar-refractivity contribution in [2.75, 3.05) is 24.4 Å². The number of carbonyl (C=O) groups is 2. The summed E-state index contributed by atoms with van der Waals surface area (Å²) in [6.07, 6.45) is -3.83. The van der Waals surface area contributed by atoms with Crippen molar-refractivity contribution < 1.29 is 32.2 Å². The first kappa shape index (κ1) is 24.6. The summed E-state index contributed by atoms with van der Waals surface area (Å²) in [5.74, 6) is -0.398. The van der Waals surface area contributed by atoms with Gasteiger partial charge >= 0.3 is 12.3 Å². The van der Waals surface area contributed by atoms with E-state index in [1.54, 1.807) is 18.2 Å². The lowest BCUT2D eigenvalue weighted by Gasteiger charge is -2.10. The van der Waals surface area contributed by atoms with Gasteiger partial charge in [-0.1, -0.05) is 26.0 Å². The van der Waals surface area contributed by atoms with E-state index >= 15 is 0 Å². The van der Waals surface area contributed by atoms with Crippen molar-refractivity contribution in [3.8, 4) is 11.4 Å². The van der Waals surface area contributed by atoms with Gasteiger partial charge in [-0.2, -0.15) is 18.3 Å².